The number of hydrogen-bond acceptors (Lipinski definition) is 5. The van der Waals surface area contributed by atoms with Gasteiger partial charge in [-0.3, -0.25) is 9.58 Å². The van der Waals surface area contributed by atoms with E-state index in [4.69, 9.17) is 4.74 Å². The fraction of sp³-hybridized carbons (Fsp3) is 0.857. The van der Waals surface area contributed by atoms with Gasteiger partial charge in [-0.15, -0.1) is 0 Å². The average molecular weight is 281 g/mol. The Bertz CT molecular complexity index is 415. The fourth-order valence-corrected chi connectivity index (χ4v) is 3.08. The van der Waals surface area contributed by atoms with Gasteiger partial charge in [-0.25, -0.2) is 4.98 Å². The first kappa shape index (κ1) is 15.4. The lowest BCUT2D eigenvalue weighted by Gasteiger charge is -2.47. The predicted molar refractivity (Wildman–Crippen MR) is 78.6 cm³/mol. The summed E-state index contributed by atoms with van der Waals surface area (Å²) in [4.78, 5) is 6.91. The third kappa shape index (κ3) is 3.02. The second-order valence-electron chi connectivity index (χ2n) is 5.66. The molecule has 1 aromatic rings. The molecule has 20 heavy (non-hydrogen) atoms. The van der Waals surface area contributed by atoms with Crippen LogP contribution < -0.4 is 5.32 Å². The molecule has 0 amide bonds. The van der Waals surface area contributed by atoms with Gasteiger partial charge in [-0.1, -0.05) is 6.92 Å². The molecule has 0 bridgehead atoms. The first-order chi connectivity index (χ1) is 9.61. The summed E-state index contributed by atoms with van der Waals surface area (Å²) in [6.07, 6.45) is 3.60. The van der Waals surface area contributed by atoms with E-state index in [2.05, 4.69) is 34.1 Å². The molecule has 6 nitrogen and oxygen atoms in total. The van der Waals surface area contributed by atoms with Crippen molar-refractivity contribution >= 4 is 0 Å². The summed E-state index contributed by atoms with van der Waals surface area (Å²) < 4.78 is 7.35. The molecule has 2 heterocycles. The highest BCUT2D eigenvalue weighted by molar-refractivity contribution is 5.02. The van der Waals surface area contributed by atoms with Crippen molar-refractivity contribution in [2.75, 3.05) is 33.4 Å². The first-order valence-corrected chi connectivity index (χ1v) is 7.44. The average Bonchev–Trinajstić information content (AvgIpc) is 2.90. The van der Waals surface area contributed by atoms with Gasteiger partial charge in [-0.2, -0.15) is 5.10 Å². The molecule has 114 valence electrons. The summed E-state index contributed by atoms with van der Waals surface area (Å²) in [5, 5.41) is 7.66. The normalized spacial score (nSPS) is 21.6. The van der Waals surface area contributed by atoms with E-state index >= 15 is 0 Å². The number of aromatic nitrogens is 3. The lowest BCUT2D eigenvalue weighted by molar-refractivity contribution is -0.0316. The monoisotopic (exact) mass is 281 g/mol. The summed E-state index contributed by atoms with van der Waals surface area (Å²) in [5.41, 5.74) is 0.102. The Kier molecular flexibility index (Phi) is 5.12. The Labute approximate surface area is 121 Å². The number of nitrogens with zero attached hydrogens (tertiary/aromatic N) is 4. The minimum atomic E-state index is 0.102. The molecule has 2 unspecified atom stereocenters. The summed E-state index contributed by atoms with van der Waals surface area (Å²) in [7, 11) is 3.99. The topological polar surface area (TPSA) is 55.2 Å². The maximum atomic E-state index is 5.49. The van der Waals surface area contributed by atoms with Crippen LogP contribution in [0, 0.1) is 0 Å². The zero-order valence-electron chi connectivity index (χ0n) is 13.1. The van der Waals surface area contributed by atoms with Crippen molar-refractivity contribution < 1.29 is 4.74 Å². The minimum Gasteiger partial charge on any atom is -0.379 e. The summed E-state index contributed by atoms with van der Waals surface area (Å²) in [5.74, 6) is 1.03. The molecule has 2 rings (SSSR count). The molecular weight excluding hydrogens is 254 g/mol. The van der Waals surface area contributed by atoms with Gasteiger partial charge in [0.05, 0.1) is 13.2 Å². The van der Waals surface area contributed by atoms with Crippen molar-refractivity contribution in [3.63, 3.8) is 0 Å². The van der Waals surface area contributed by atoms with Crippen LogP contribution in [0.4, 0.5) is 0 Å². The molecule has 1 saturated heterocycles. The highest BCUT2D eigenvalue weighted by atomic mass is 16.5. The van der Waals surface area contributed by atoms with E-state index in [0.717, 1.165) is 45.0 Å². The zero-order valence-corrected chi connectivity index (χ0v) is 13.1. The second kappa shape index (κ2) is 6.65. The Balaban J connectivity index is 2.15. The van der Waals surface area contributed by atoms with Crippen LogP contribution >= 0.6 is 0 Å². The van der Waals surface area contributed by atoms with Crippen LogP contribution in [0.15, 0.2) is 6.33 Å². The molecule has 0 aliphatic carbocycles. The van der Waals surface area contributed by atoms with Crippen molar-refractivity contribution in [2.24, 2.45) is 7.05 Å². The first-order valence-electron chi connectivity index (χ1n) is 7.44. The Morgan fingerprint density at radius 3 is 2.65 bits per heavy atom. The highest BCUT2D eigenvalue weighted by Gasteiger charge is 2.38. The SMILES string of the molecule is CCC(C)(C(Cc1ncnn1C)NC)N1CCOCC1. The van der Waals surface area contributed by atoms with E-state index in [0.29, 0.717) is 6.04 Å². The van der Waals surface area contributed by atoms with Gasteiger partial charge in [-0.05, 0) is 20.4 Å². The van der Waals surface area contributed by atoms with E-state index < -0.39 is 0 Å². The largest absolute Gasteiger partial charge is 0.379 e. The van der Waals surface area contributed by atoms with Crippen molar-refractivity contribution in [3.05, 3.63) is 12.2 Å². The molecular formula is C14H27N5O. The summed E-state index contributed by atoms with van der Waals surface area (Å²) in [6, 6.07) is 0.341. The number of hydrogen-bond donors (Lipinski definition) is 1. The van der Waals surface area contributed by atoms with E-state index in [-0.39, 0.29) is 5.54 Å². The maximum Gasteiger partial charge on any atom is 0.138 e. The number of nitrogens with one attached hydrogen (secondary N) is 1. The van der Waals surface area contributed by atoms with Crippen LogP contribution in [0.1, 0.15) is 26.1 Å². The lowest BCUT2D eigenvalue weighted by atomic mass is 9.84. The number of rotatable bonds is 6. The molecule has 1 aliphatic rings. The van der Waals surface area contributed by atoms with Gasteiger partial charge in [0.1, 0.15) is 12.2 Å². The lowest BCUT2D eigenvalue weighted by Crippen LogP contribution is -2.62. The third-order valence-corrected chi connectivity index (χ3v) is 4.74. The number of aryl methyl sites for hydroxylation is 1. The molecule has 0 spiro atoms. The van der Waals surface area contributed by atoms with Crippen LogP contribution in [-0.4, -0.2) is 64.6 Å². The van der Waals surface area contributed by atoms with Gasteiger partial charge in [0, 0.05) is 38.1 Å². The maximum absolute atomic E-state index is 5.49. The van der Waals surface area contributed by atoms with Gasteiger partial charge >= 0.3 is 0 Å². The van der Waals surface area contributed by atoms with Crippen LogP contribution in [-0.2, 0) is 18.2 Å². The molecule has 0 saturated carbocycles. The Hall–Kier alpha value is -0.980. The summed E-state index contributed by atoms with van der Waals surface area (Å²) in [6.45, 7) is 8.26. The molecule has 1 aromatic heterocycles. The van der Waals surface area contributed by atoms with E-state index in [1.807, 2.05) is 18.8 Å². The van der Waals surface area contributed by atoms with Crippen molar-refractivity contribution in [1.82, 2.24) is 25.0 Å². The summed E-state index contributed by atoms with van der Waals surface area (Å²) >= 11 is 0. The zero-order chi connectivity index (χ0) is 14.6. The van der Waals surface area contributed by atoms with Gasteiger partial charge in [0.2, 0.25) is 0 Å². The Morgan fingerprint density at radius 1 is 1.45 bits per heavy atom. The van der Waals surface area contributed by atoms with Crippen LogP contribution in [0.2, 0.25) is 0 Å². The smallest absolute Gasteiger partial charge is 0.138 e. The molecule has 1 aliphatic heterocycles. The van der Waals surface area contributed by atoms with Crippen LogP contribution in [0.25, 0.3) is 0 Å². The molecule has 0 radical (unpaired) electrons. The molecule has 0 aromatic carbocycles. The third-order valence-electron chi connectivity index (χ3n) is 4.74. The quantitative estimate of drug-likeness (QED) is 0.820. The van der Waals surface area contributed by atoms with Crippen molar-refractivity contribution in [1.29, 1.82) is 0 Å². The standard InChI is InChI=1S/C14H27N5O/c1-5-14(2,19-6-8-20-9-7-19)12(15-3)10-13-16-11-17-18(13)4/h11-12,15H,5-10H2,1-4H3. The van der Waals surface area contributed by atoms with Gasteiger partial charge in [0.15, 0.2) is 0 Å². The van der Waals surface area contributed by atoms with Gasteiger partial charge < -0.3 is 10.1 Å². The van der Waals surface area contributed by atoms with E-state index in [1.54, 1.807) is 6.33 Å². The highest BCUT2D eigenvalue weighted by Crippen LogP contribution is 2.26. The predicted octanol–water partition coefficient (Wildman–Crippen LogP) is 0.447. The Morgan fingerprint density at radius 2 is 2.15 bits per heavy atom. The van der Waals surface area contributed by atoms with E-state index in [9.17, 15) is 0 Å². The minimum absolute atomic E-state index is 0.102. The van der Waals surface area contributed by atoms with Crippen LogP contribution in [0.3, 0.4) is 0 Å². The molecule has 2 atom stereocenters. The number of ether oxygens (including phenoxy) is 1. The fourth-order valence-electron chi connectivity index (χ4n) is 3.08. The van der Waals surface area contributed by atoms with Crippen molar-refractivity contribution in [2.45, 2.75) is 38.3 Å². The number of likely N-dealkylation sites (N-methyl/N-ethyl adjacent to an activating group) is 1. The molecule has 1 fully saturated rings. The molecule has 6 heteroatoms. The van der Waals surface area contributed by atoms with E-state index in [1.165, 1.54) is 0 Å². The molecule has 1 N–H and O–H groups in total. The number of morpholine rings is 1. The van der Waals surface area contributed by atoms with Crippen LogP contribution in [0.5, 0.6) is 0 Å². The second-order valence-corrected chi connectivity index (χ2v) is 5.66. The van der Waals surface area contributed by atoms with Gasteiger partial charge in [0.25, 0.3) is 0 Å². The van der Waals surface area contributed by atoms with Crippen molar-refractivity contribution in [3.8, 4) is 0 Å².